The predicted octanol–water partition coefficient (Wildman–Crippen LogP) is 7.82. The number of allylic oxidation sites excluding steroid dienone is 4. The molecule has 0 atom stereocenters. The van der Waals surface area contributed by atoms with Gasteiger partial charge in [-0.25, -0.2) is 0 Å². The average molecular weight is 419 g/mol. The Labute approximate surface area is 187 Å². The molecule has 0 spiro atoms. The first kappa shape index (κ1) is 23.3. The largest absolute Gasteiger partial charge is 0.199 e. The third-order valence-electron chi connectivity index (χ3n) is 7.52. The number of hydrogen-bond acceptors (Lipinski definition) is 2. The van der Waals surface area contributed by atoms with Crippen molar-refractivity contribution in [1.29, 1.82) is 10.5 Å². The van der Waals surface area contributed by atoms with Crippen LogP contribution >= 0.6 is 0 Å². The van der Waals surface area contributed by atoms with Crippen LogP contribution in [0.4, 0.5) is 4.39 Å². The Balaban J connectivity index is 1.28. The van der Waals surface area contributed by atoms with Gasteiger partial charge in [0.05, 0.1) is 11.6 Å². The lowest BCUT2D eigenvalue weighted by molar-refractivity contribution is 0.151. The van der Waals surface area contributed by atoms with E-state index in [2.05, 4.69) is 24.3 Å². The summed E-state index contributed by atoms with van der Waals surface area (Å²) in [5.41, 5.74) is 2.09. The summed E-state index contributed by atoms with van der Waals surface area (Å²) in [5, 5.41) is 17.3. The number of aryl methyl sites for hydroxylation is 1. The van der Waals surface area contributed by atoms with Crippen LogP contribution in [0.15, 0.2) is 48.3 Å². The molecule has 0 amide bonds. The topological polar surface area (TPSA) is 47.6 Å². The minimum atomic E-state index is -0.712. The number of halogens is 1. The second kappa shape index (κ2) is 12.5. The van der Waals surface area contributed by atoms with Crippen molar-refractivity contribution >= 4 is 0 Å². The van der Waals surface area contributed by atoms with Crippen molar-refractivity contribution in [2.45, 2.75) is 77.0 Å². The van der Waals surface area contributed by atoms with E-state index in [4.69, 9.17) is 10.5 Å². The summed E-state index contributed by atoms with van der Waals surface area (Å²) in [7, 11) is 0. The summed E-state index contributed by atoms with van der Waals surface area (Å²) in [6.07, 6.45) is 20.8. The van der Waals surface area contributed by atoms with E-state index >= 15 is 0 Å². The van der Waals surface area contributed by atoms with E-state index in [9.17, 15) is 4.39 Å². The summed E-state index contributed by atoms with van der Waals surface area (Å²) in [6, 6.07) is 11.7. The molecule has 31 heavy (non-hydrogen) atoms. The molecule has 0 saturated heterocycles. The number of nitriles is 2. The highest BCUT2D eigenvalue weighted by Crippen LogP contribution is 2.42. The third kappa shape index (κ3) is 7.66. The molecule has 0 radical (unpaired) electrons. The lowest BCUT2D eigenvalue weighted by Gasteiger charge is -2.37. The van der Waals surface area contributed by atoms with Gasteiger partial charge in [0.25, 0.3) is 0 Å². The van der Waals surface area contributed by atoms with E-state index in [1.165, 1.54) is 88.3 Å². The fraction of sp³-hybridized carbons (Fsp3) is 0.571. The monoisotopic (exact) mass is 418 g/mol. The Morgan fingerprint density at radius 3 is 2.16 bits per heavy atom. The molecule has 0 bridgehead atoms. The maximum absolute atomic E-state index is 12.9. The van der Waals surface area contributed by atoms with Gasteiger partial charge in [-0.2, -0.15) is 14.9 Å². The second-order valence-electron chi connectivity index (χ2n) is 9.52. The van der Waals surface area contributed by atoms with Gasteiger partial charge in [-0.05, 0) is 98.8 Å². The van der Waals surface area contributed by atoms with Gasteiger partial charge in [-0.3, -0.25) is 0 Å². The van der Waals surface area contributed by atoms with Gasteiger partial charge in [-0.15, -0.1) is 0 Å². The van der Waals surface area contributed by atoms with E-state index in [0.717, 1.165) is 29.7 Å². The fourth-order valence-corrected chi connectivity index (χ4v) is 5.60. The Hall–Kier alpha value is -2.39. The van der Waals surface area contributed by atoms with Gasteiger partial charge in [0.1, 0.15) is 6.07 Å². The van der Waals surface area contributed by atoms with Crippen molar-refractivity contribution in [1.82, 2.24) is 0 Å². The van der Waals surface area contributed by atoms with Crippen LogP contribution in [0.3, 0.4) is 0 Å². The quantitative estimate of drug-likeness (QED) is 0.245. The Morgan fingerprint density at radius 1 is 0.903 bits per heavy atom. The first-order chi connectivity index (χ1) is 15.2. The number of nitrogens with zero attached hydrogens (tertiary/aromatic N) is 2. The Bertz CT molecular complexity index is 808. The number of hydrogen-bond donors (Lipinski definition) is 0. The van der Waals surface area contributed by atoms with Crippen molar-refractivity contribution in [2.75, 3.05) is 0 Å². The Morgan fingerprint density at radius 2 is 1.55 bits per heavy atom. The van der Waals surface area contributed by atoms with Crippen LogP contribution in [-0.4, -0.2) is 0 Å². The highest BCUT2D eigenvalue weighted by atomic mass is 19.1. The molecule has 2 aliphatic carbocycles. The first-order valence-corrected chi connectivity index (χ1v) is 12.1. The fourth-order valence-electron chi connectivity index (χ4n) is 5.60. The second-order valence-corrected chi connectivity index (χ2v) is 9.52. The molecule has 1 aromatic carbocycles. The molecule has 2 saturated carbocycles. The van der Waals surface area contributed by atoms with Crippen molar-refractivity contribution in [3.05, 3.63) is 59.4 Å². The average Bonchev–Trinajstić information content (AvgIpc) is 2.83. The van der Waals surface area contributed by atoms with Gasteiger partial charge in [0.15, 0.2) is 5.83 Å². The SMILES string of the molecule is N#CC(F)=CC=C[C@H]1CC[C@H]([C@H]2CC[C@H](CCCCc3ccc(C#N)cc3)CC2)CC1. The van der Waals surface area contributed by atoms with E-state index in [1.54, 1.807) is 6.08 Å². The maximum Gasteiger partial charge on any atom is 0.199 e. The van der Waals surface area contributed by atoms with Crippen molar-refractivity contribution in [3.8, 4) is 12.1 Å². The molecule has 3 rings (SSSR count). The molecule has 2 nitrogen and oxygen atoms in total. The first-order valence-electron chi connectivity index (χ1n) is 12.1. The van der Waals surface area contributed by atoms with Crippen LogP contribution in [0.25, 0.3) is 0 Å². The summed E-state index contributed by atoms with van der Waals surface area (Å²) in [6.45, 7) is 0. The zero-order valence-corrected chi connectivity index (χ0v) is 18.6. The number of rotatable bonds is 8. The van der Waals surface area contributed by atoms with Crippen LogP contribution in [-0.2, 0) is 6.42 Å². The van der Waals surface area contributed by atoms with Crippen molar-refractivity contribution in [2.24, 2.45) is 23.7 Å². The lowest BCUT2D eigenvalue weighted by Crippen LogP contribution is -2.25. The van der Waals surface area contributed by atoms with Gasteiger partial charge >= 0.3 is 0 Å². The molecule has 0 N–H and O–H groups in total. The summed E-state index contributed by atoms with van der Waals surface area (Å²) in [5.74, 6) is 2.55. The van der Waals surface area contributed by atoms with E-state index < -0.39 is 5.83 Å². The molecule has 0 aliphatic heterocycles. The smallest absolute Gasteiger partial charge is 0.195 e. The van der Waals surface area contributed by atoms with Crippen molar-refractivity contribution < 1.29 is 4.39 Å². The predicted molar refractivity (Wildman–Crippen MR) is 124 cm³/mol. The van der Waals surface area contributed by atoms with Crippen LogP contribution < -0.4 is 0 Å². The van der Waals surface area contributed by atoms with Crippen LogP contribution in [0.2, 0.25) is 0 Å². The minimum Gasteiger partial charge on any atom is -0.195 e. The normalized spacial score (nSPS) is 27.0. The zero-order chi connectivity index (χ0) is 21.9. The van der Waals surface area contributed by atoms with Gasteiger partial charge in [-0.1, -0.05) is 50.0 Å². The highest BCUT2D eigenvalue weighted by Gasteiger charge is 2.30. The third-order valence-corrected chi connectivity index (χ3v) is 7.52. The molecule has 0 aromatic heterocycles. The number of unbranched alkanes of at least 4 members (excludes halogenated alkanes) is 1. The van der Waals surface area contributed by atoms with Crippen LogP contribution in [0.1, 0.15) is 81.8 Å². The summed E-state index contributed by atoms with van der Waals surface area (Å²) < 4.78 is 12.9. The molecule has 2 aliphatic rings. The van der Waals surface area contributed by atoms with Gasteiger partial charge < -0.3 is 0 Å². The van der Waals surface area contributed by atoms with Crippen LogP contribution in [0, 0.1) is 46.3 Å². The molecular formula is C28H35FN2. The summed E-state index contributed by atoms with van der Waals surface area (Å²) in [4.78, 5) is 0. The summed E-state index contributed by atoms with van der Waals surface area (Å²) >= 11 is 0. The van der Waals surface area contributed by atoms with E-state index in [0.29, 0.717) is 5.92 Å². The van der Waals surface area contributed by atoms with Crippen LogP contribution in [0.5, 0.6) is 0 Å². The molecule has 2 fully saturated rings. The van der Waals surface area contributed by atoms with Gasteiger partial charge in [0, 0.05) is 0 Å². The minimum absolute atomic E-state index is 0.548. The maximum atomic E-state index is 12.9. The van der Waals surface area contributed by atoms with Crippen molar-refractivity contribution in [3.63, 3.8) is 0 Å². The Kier molecular flexibility index (Phi) is 9.36. The van der Waals surface area contributed by atoms with E-state index in [1.807, 2.05) is 12.1 Å². The highest BCUT2D eigenvalue weighted by molar-refractivity contribution is 5.31. The molecule has 1 aromatic rings. The molecule has 3 heteroatoms. The van der Waals surface area contributed by atoms with E-state index in [-0.39, 0.29) is 0 Å². The standard InChI is InChI=1S/C28H35FN2/c29-28(21-31)7-3-6-24-14-18-27(19-15-24)26-16-12-23(13-17-26)5-2-1-4-22-8-10-25(20-30)11-9-22/h3,6-11,23-24,26-27H,1-2,4-5,12-19H2/t23-,24-,26-,27-. The lowest BCUT2D eigenvalue weighted by atomic mass is 9.68. The zero-order valence-electron chi connectivity index (χ0n) is 18.6. The number of benzene rings is 1. The molecule has 0 heterocycles. The molecule has 0 unspecified atom stereocenters. The molecular weight excluding hydrogens is 383 g/mol. The van der Waals surface area contributed by atoms with Gasteiger partial charge in [0.2, 0.25) is 0 Å². The molecule has 164 valence electrons.